The maximum absolute atomic E-state index is 11.2. The number of amides is 1. The van der Waals surface area contributed by atoms with Crippen molar-refractivity contribution in [1.82, 2.24) is 5.32 Å². The number of nitrogens with one attached hydrogen (secondary N) is 1. The highest BCUT2D eigenvalue weighted by atomic mass is 127. The number of hydrogen-bond acceptors (Lipinski definition) is 5. The van der Waals surface area contributed by atoms with Crippen molar-refractivity contribution < 1.29 is 23.7 Å². The van der Waals surface area contributed by atoms with Crippen LogP contribution in [-0.4, -0.2) is 47.0 Å². The molecule has 0 bridgehead atoms. The van der Waals surface area contributed by atoms with Crippen molar-refractivity contribution in [3.05, 3.63) is 0 Å². The third kappa shape index (κ3) is 2.39. The first-order valence-electron chi connectivity index (χ1n) is 6.44. The predicted molar refractivity (Wildman–Crippen MR) is 73.6 cm³/mol. The third-order valence-electron chi connectivity index (χ3n) is 3.70. The first-order chi connectivity index (χ1) is 8.91. The van der Waals surface area contributed by atoms with Gasteiger partial charge in [0.2, 0.25) is 5.91 Å². The average molecular weight is 383 g/mol. The van der Waals surface area contributed by atoms with Gasteiger partial charge in [0.05, 0.1) is 12.0 Å². The average Bonchev–Trinajstić information content (AvgIpc) is 2.81. The molecule has 0 spiro atoms. The molecule has 3 aliphatic rings. The van der Waals surface area contributed by atoms with Crippen molar-refractivity contribution in [3.63, 3.8) is 0 Å². The van der Waals surface area contributed by atoms with Crippen LogP contribution in [0.2, 0.25) is 0 Å². The zero-order valence-corrected chi connectivity index (χ0v) is 13.2. The van der Waals surface area contributed by atoms with Gasteiger partial charge in [0.25, 0.3) is 0 Å². The third-order valence-corrected chi connectivity index (χ3v) is 4.56. The molecule has 1 N–H and O–H groups in total. The second-order valence-corrected chi connectivity index (χ2v) is 6.50. The fourth-order valence-electron chi connectivity index (χ4n) is 2.59. The van der Waals surface area contributed by atoms with Crippen LogP contribution in [0.3, 0.4) is 0 Å². The molecular formula is C12H18INO5. The molecule has 6 nitrogen and oxygen atoms in total. The van der Waals surface area contributed by atoms with Gasteiger partial charge in [0.1, 0.15) is 18.4 Å². The number of rotatable bonds is 3. The van der Waals surface area contributed by atoms with E-state index in [1.54, 1.807) is 0 Å². The fraction of sp³-hybridized carbons (Fsp3) is 0.917. The van der Waals surface area contributed by atoms with E-state index >= 15 is 0 Å². The first kappa shape index (κ1) is 14.0. The predicted octanol–water partition coefficient (Wildman–Crippen LogP) is 0.775. The summed E-state index contributed by atoms with van der Waals surface area (Å²) in [4.78, 5) is 11.2. The molecule has 108 valence electrons. The zero-order chi connectivity index (χ0) is 13.8. The van der Waals surface area contributed by atoms with E-state index in [4.69, 9.17) is 18.9 Å². The lowest BCUT2D eigenvalue weighted by atomic mass is 10.0. The Morgan fingerprint density at radius 3 is 2.74 bits per heavy atom. The first-order valence-corrected chi connectivity index (χ1v) is 7.97. The highest BCUT2D eigenvalue weighted by Gasteiger charge is 2.56. The number of alkyl halides is 1. The van der Waals surface area contributed by atoms with Gasteiger partial charge in [0.15, 0.2) is 12.1 Å². The Balaban J connectivity index is 1.69. The summed E-state index contributed by atoms with van der Waals surface area (Å²) in [6.45, 7) is 5.57. The van der Waals surface area contributed by atoms with E-state index in [2.05, 4.69) is 27.9 Å². The number of fused-ring (bicyclic) bond motifs is 1. The maximum Gasteiger partial charge on any atom is 0.229 e. The summed E-state index contributed by atoms with van der Waals surface area (Å²) >= 11 is 2.26. The van der Waals surface area contributed by atoms with Crippen molar-refractivity contribution in [3.8, 4) is 0 Å². The Morgan fingerprint density at radius 2 is 2.16 bits per heavy atom. The summed E-state index contributed by atoms with van der Waals surface area (Å²) in [6, 6.07) is 0. The molecule has 0 aliphatic carbocycles. The summed E-state index contributed by atoms with van der Waals surface area (Å²) in [5.74, 6) is -0.749. The van der Waals surface area contributed by atoms with Crippen LogP contribution < -0.4 is 5.32 Å². The summed E-state index contributed by atoms with van der Waals surface area (Å²) in [7, 11) is 0. The minimum atomic E-state index is -0.651. The van der Waals surface area contributed by atoms with Gasteiger partial charge >= 0.3 is 0 Å². The minimum Gasteiger partial charge on any atom is -0.349 e. The van der Waals surface area contributed by atoms with Gasteiger partial charge in [-0.1, -0.05) is 22.6 Å². The van der Waals surface area contributed by atoms with Gasteiger partial charge in [-0.15, -0.1) is 0 Å². The Labute approximate surface area is 125 Å². The molecule has 1 amide bonds. The van der Waals surface area contributed by atoms with Crippen LogP contribution in [0, 0.1) is 5.92 Å². The fourth-order valence-corrected chi connectivity index (χ4v) is 3.30. The van der Waals surface area contributed by atoms with E-state index in [1.807, 2.05) is 20.8 Å². The van der Waals surface area contributed by atoms with E-state index in [0.717, 1.165) is 4.43 Å². The normalized spacial score (nSPS) is 47.7. The number of halogens is 1. The van der Waals surface area contributed by atoms with E-state index in [-0.39, 0.29) is 42.7 Å². The summed E-state index contributed by atoms with van der Waals surface area (Å²) < 4.78 is 24.1. The summed E-state index contributed by atoms with van der Waals surface area (Å²) in [5, 5.41) is 2.75. The largest absolute Gasteiger partial charge is 0.349 e. The number of hydrogen-bond donors (Lipinski definition) is 1. The maximum atomic E-state index is 11.2. The molecule has 3 heterocycles. The Hall–Kier alpha value is 0.0400. The molecule has 0 unspecified atom stereocenters. The lowest BCUT2D eigenvalue weighted by Gasteiger charge is -2.37. The molecule has 0 aromatic carbocycles. The molecule has 19 heavy (non-hydrogen) atoms. The summed E-state index contributed by atoms with van der Waals surface area (Å²) in [6.07, 6.45) is -1.16. The highest BCUT2D eigenvalue weighted by Crippen LogP contribution is 2.40. The van der Waals surface area contributed by atoms with Gasteiger partial charge in [-0.25, -0.2) is 0 Å². The van der Waals surface area contributed by atoms with Crippen LogP contribution in [0.5, 0.6) is 0 Å². The van der Waals surface area contributed by atoms with Gasteiger partial charge in [0, 0.05) is 4.43 Å². The van der Waals surface area contributed by atoms with Crippen LogP contribution >= 0.6 is 22.6 Å². The van der Waals surface area contributed by atoms with Crippen molar-refractivity contribution in [1.29, 1.82) is 0 Å². The van der Waals surface area contributed by atoms with Gasteiger partial charge in [-0.3, -0.25) is 4.79 Å². The second kappa shape index (κ2) is 4.80. The number of carbonyl (C=O) groups is 1. The van der Waals surface area contributed by atoms with Crippen LogP contribution in [0.15, 0.2) is 0 Å². The smallest absolute Gasteiger partial charge is 0.229 e. The number of β-lactam (4-membered cyclic amide) rings is 1. The van der Waals surface area contributed by atoms with Crippen LogP contribution in [0.4, 0.5) is 0 Å². The van der Waals surface area contributed by atoms with Crippen molar-refractivity contribution in [2.75, 3.05) is 4.43 Å². The molecular weight excluding hydrogens is 365 g/mol. The van der Waals surface area contributed by atoms with Gasteiger partial charge < -0.3 is 24.3 Å². The van der Waals surface area contributed by atoms with Gasteiger partial charge in [-0.05, 0) is 20.8 Å². The molecule has 3 fully saturated rings. The van der Waals surface area contributed by atoms with E-state index in [9.17, 15) is 4.79 Å². The van der Waals surface area contributed by atoms with Crippen LogP contribution in [0.1, 0.15) is 20.8 Å². The second-order valence-electron chi connectivity index (χ2n) is 5.62. The van der Waals surface area contributed by atoms with E-state index in [0.29, 0.717) is 0 Å². The minimum absolute atomic E-state index is 0.0235. The number of carbonyl (C=O) groups excluding carboxylic acids is 1. The molecule has 7 heteroatoms. The number of ether oxygens (including phenoxy) is 4. The van der Waals surface area contributed by atoms with Crippen LogP contribution in [0.25, 0.3) is 0 Å². The van der Waals surface area contributed by atoms with Crippen molar-refractivity contribution in [2.45, 2.75) is 57.4 Å². The lowest BCUT2D eigenvalue weighted by Crippen LogP contribution is -2.60. The molecule has 3 rings (SSSR count). The van der Waals surface area contributed by atoms with E-state index in [1.165, 1.54) is 0 Å². The van der Waals surface area contributed by atoms with E-state index < -0.39 is 5.79 Å². The monoisotopic (exact) mass is 383 g/mol. The Bertz CT molecular complexity index is 390. The molecule has 6 atom stereocenters. The molecule has 0 radical (unpaired) electrons. The zero-order valence-electron chi connectivity index (χ0n) is 11.1. The Kier molecular flexibility index (Phi) is 3.54. The summed E-state index contributed by atoms with van der Waals surface area (Å²) in [5.41, 5.74) is 0. The standard InChI is InChI=1S/C12H18INO5/c1-5-9(15)14-10(5)17-7-6(4-13)16-11-8(7)18-12(2,3)19-11/h5-8,10-11H,4H2,1-3H3,(H,14,15)/t5-,6-,7+,8-,10-,11-/m1/s1. The molecule has 0 aromatic heterocycles. The van der Waals surface area contributed by atoms with Crippen molar-refractivity contribution >= 4 is 28.5 Å². The molecule has 0 saturated carbocycles. The van der Waals surface area contributed by atoms with Crippen LogP contribution in [-0.2, 0) is 23.7 Å². The highest BCUT2D eigenvalue weighted by molar-refractivity contribution is 14.1. The topological polar surface area (TPSA) is 66.0 Å². The molecule has 0 aromatic rings. The molecule has 3 aliphatic heterocycles. The molecule has 3 saturated heterocycles. The quantitative estimate of drug-likeness (QED) is 0.443. The SMILES string of the molecule is C[C@@H]1C(=O)N[C@@H]1O[C@@H]1[C@H]2OC(C)(C)O[C@H]2O[C@@H]1CI. The van der Waals surface area contributed by atoms with Crippen molar-refractivity contribution in [2.24, 2.45) is 5.92 Å². The van der Waals surface area contributed by atoms with Gasteiger partial charge in [-0.2, -0.15) is 0 Å². The lowest BCUT2D eigenvalue weighted by molar-refractivity contribution is -0.224. The Morgan fingerprint density at radius 1 is 1.42 bits per heavy atom.